The van der Waals surface area contributed by atoms with E-state index >= 15 is 0 Å². The average Bonchev–Trinajstić information content (AvgIpc) is 2.86. The summed E-state index contributed by atoms with van der Waals surface area (Å²) in [5.41, 5.74) is 0. The topological polar surface area (TPSA) is 13.0 Å². The van der Waals surface area contributed by atoms with Crippen molar-refractivity contribution in [3.05, 3.63) is 0 Å². The third-order valence-corrected chi connectivity index (χ3v) is 7.78. The zero-order valence-corrected chi connectivity index (χ0v) is 42.3. The zero-order valence-electron chi connectivity index (χ0n) is 33.7. The van der Waals surface area contributed by atoms with Crippen molar-refractivity contribution >= 4 is 117 Å². The minimum atomic E-state index is 0. The Balaban J connectivity index is -0.000000174. The fraction of sp³-hybridized carbons (Fsp3) is 0.889. The summed E-state index contributed by atoms with van der Waals surface area (Å²) in [6, 6.07) is 0. The van der Waals surface area contributed by atoms with Gasteiger partial charge in [-0.05, 0) is 47.3 Å². The van der Waals surface area contributed by atoms with E-state index in [-0.39, 0.29) is 21.1 Å². The molecule has 4 nitrogen and oxygen atoms in total. The Labute approximate surface area is 364 Å². The van der Waals surface area contributed by atoms with E-state index in [4.69, 9.17) is 99.4 Å². The van der Waals surface area contributed by atoms with E-state index in [9.17, 15) is 0 Å². The van der Waals surface area contributed by atoms with Crippen LogP contribution in [0.3, 0.4) is 0 Å². The Bertz CT molecular complexity index is 677. The molecule has 0 heterocycles. The summed E-state index contributed by atoms with van der Waals surface area (Å²) in [6.45, 7) is 42.8. The van der Waals surface area contributed by atoms with Gasteiger partial charge in [0, 0.05) is 52.4 Å². The molecule has 0 saturated carbocycles. The fourth-order valence-electron chi connectivity index (χ4n) is 4.42. The molecule has 0 rings (SSSR count). The van der Waals surface area contributed by atoms with Gasteiger partial charge in [0.25, 0.3) is 0 Å². The SMILES string of the molecule is CC(C)CN(CC(C)C)C(=S)[S-].CC(C)CN(CC(C)C)C(=S)[S-].CC(C)CN(CC(C)C)C(=S)[S-].CC(C)CN(CC(C)C)C(=S)[S-].[Mo+4]. The van der Waals surface area contributed by atoms with Crippen molar-refractivity contribution < 1.29 is 21.1 Å². The van der Waals surface area contributed by atoms with Gasteiger partial charge in [-0.1, -0.05) is 128 Å². The van der Waals surface area contributed by atoms with Gasteiger partial charge in [0.15, 0.2) is 0 Å². The van der Waals surface area contributed by atoms with Crippen molar-refractivity contribution in [2.45, 2.75) is 111 Å². The Hall–Kier alpha value is 1.13. The van der Waals surface area contributed by atoms with Crippen LogP contribution in [0.5, 0.6) is 0 Å². The number of hydrogen-bond donors (Lipinski definition) is 0. The molecule has 0 fully saturated rings. The first-order chi connectivity index (χ1) is 21.7. The van der Waals surface area contributed by atoms with Crippen LogP contribution in [0.25, 0.3) is 0 Å². The normalized spacial score (nSPS) is 10.6. The second-order valence-electron chi connectivity index (χ2n) is 15.8. The van der Waals surface area contributed by atoms with Crippen LogP contribution in [0.1, 0.15) is 111 Å². The van der Waals surface area contributed by atoms with Crippen LogP contribution in [0.4, 0.5) is 0 Å². The van der Waals surface area contributed by atoms with Gasteiger partial charge in [-0.3, -0.25) is 0 Å². The first-order valence-corrected chi connectivity index (χ1v) is 20.8. The molecule has 0 amide bonds. The van der Waals surface area contributed by atoms with Crippen LogP contribution in [0.2, 0.25) is 0 Å². The molecule has 0 aliphatic rings. The molecule has 49 heavy (non-hydrogen) atoms. The van der Waals surface area contributed by atoms with Gasteiger partial charge in [-0.15, -0.1) is 0 Å². The molecular weight excluding hydrogens is 841 g/mol. The van der Waals surface area contributed by atoms with Crippen LogP contribution in [-0.4, -0.2) is 89.2 Å². The maximum atomic E-state index is 4.99. The van der Waals surface area contributed by atoms with Crippen LogP contribution < -0.4 is 0 Å². The van der Waals surface area contributed by atoms with E-state index < -0.39 is 0 Å². The third-order valence-electron chi connectivity index (χ3n) is 5.72. The number of thiocarbonyl (C=S) groups is 4. The second-order valence-corrected chi connectivity index (χ2v) is 20.0. The summed E-state index contributed by atoms with van der Waals surface area (Å²) in [7, 11) is 0. The predicted molar refractivity (Wildman–Crippen MR) is 245 cm³/mol. The van der Waals surface area contributed by atoms with Crippen molar-refractivity contribution in [2.75, 3.05) is 52.4 Å². The monoisotopic (exact) mass is 914 g/mol. The van der Waals surface area contributed by atoms with Gasteiger partial charge in [0.05, 0.1) is 0 Å². The molecule has 0 unspecified atom stereocenters. The van der Waals surface area contributed by atoms with Gasteiger partial charge >= 0.3 is 21.1 Å². The quantitative estimate of drug-likeness (QED) is 0.0833. The van der Waals surface area contributed by atoms with Crippen LogP contribution in [0.15, 0.2) is 0 Å². The molecule has 0 aromatic carbocycles. The Kier molecular flexibility index (Phi) is 42.3. The maximum Gasteiger partial charge on any atom is 4.00 e. The van der Waals surface area contributed by atoms with E-state index in [0.29, 0.717) is 64.6 Å². The van der Waals surface area contributed by atoms with Gasteiger partial charge < -0.3 is 119 Å². The van der Waals surface area contributed by atoms with E-state index in [1.165, 1.54) is 0 Å². The summed E-state index contributed by atoms with van der Waals surface area (Å²) in [6.07, 6.45) is 0. The van der Waals surface area contributed by atoms with Gasteiger partial charge in [-0.2, -0.15) is 0 Å². The average molecular weight is 913 g/mol. The summed E-state index contributed by atoms with van der Waals surface area (Å²) in [5.74, 6) is 5.03. The smallest absolute Gasteiger partial charge is 0.411 e. The summed E-state index contributed by atoms with van der Waals surface area (Å²) in [4.78, 5) is 8.44. The molecule has 0 aromatic heterocycles. The molecule has 13 heteroatoms. The molecule has 0 bridgehead atoms. The van der Waals surface area contributed by atoms with Crippen molar-refractivity contribution in [3.8, 4) is 0 Å². The van der Waals surface area contributed by atoms with Crippen molar-refractivity contribution in [2.24, 2.45) is 47.3 Å². The van der Waals surface area contributed by atoms with Gasteiger partial charge in [0.1, 0.15) is 0 Å². The number of rotatable bonds is 16. The first-order valence-electron chi connectivity index (χ1n) is 17.6. The predicted octanol–water partition coefficient (Wildman–Crippen LogP) is 9.73. The molecule has 0 aliphatic carbocycles. The molecule has 290 valence electrons. The van der Waals surface area contributed by atoms with Gasteiger partial charge in [0.2, 0.25) is 0 Å². The van der Waals surface area contributed by atoms with E-state index in [1.807, 2.05) is 0 Å². The molecule has 0 atom stereocenters. The van der Waals surface area contributed by atoms with Crippen molar-refractivity contribution in [1.29, 1.82) is 0 Å². The number of hydrogen-bond acceptors (Lipinski definition) is 8. The van der Waals surface area contributed by atoms with E-state index in [0.717, 1.165) is 52.4 Å². The Morgan fingerprint density at radius 2 is 0.388 bits per heavy atom. The van der Waals surface area contributed by atoms with Gasteiger partial charge in [-0.25, -0.2) is 0 Å². The Morgan fingerprint density at radius 1 is 0.306 bits per heavy atom. The minimum absolute atomic E-state index is 0. The van der Waals surface area contributed by atoms with Crippen LogP contribution in [-0.2, 0) is 71.6 Å². The Morgan fingerprint density at radius 3 is 0.429 bits per heavy atom. The number of nitrogens with zero attached hydrogens (tertiary/aromatic N) is 4. The molecule has 0 aliphatic heterocycles. The molecule has 0 aromatic rings. The minimum Gasteiger partial charge on any atom is -0.411 e. The largest absolute Gasteiger partial charge is 4.00 e. The molecule has 0 spiro atoms. The molecule has 0 N–H and O–H groups in total. The summed E-state index contributed by atoms with van der Waals surface area (Å²) < 4.78 is 2.43. The van der Waals surface area contributed by atoms with E-state index in [1.54, 1.807) is 0 Å². The molecule has 0 radical (unpaired) electrons. The fourth-order valence-corrected chi connectivity index (χ4v) is 5.61. The van der Waals surface area contributed by atoms with Crippen LogP contribution in [0, 0.1) is 47.3 Å². The van der Waals surface area contributed by atoms with Crippen molar-refractivity contribution in [1.82, 2.24) is 19.6 Å². The standard InChI is InChI=1S/4C9H19NS2.Mo/c4*1-7(2)5-10(9(11)12)6-8(3)4;/h4*7-8H,5-6H2,1-4H3,(H,11,12);/q;;;;+4/p-4. The third kappa shape index (κ3) is 45.2. The maximum absolute atomic E-state index is 4.99. The van der Waals surface area contributed by atoms with Crippen LogP contribution >= 0.6 is 48.9 Å². The van der Waals surface area contributed by atoms with E-state index in [2.05, 4.69) is 130 Å². The summed E-state index contributed by atoms with van der Waals surface area (Å²) in [5, 5.41) is 0. The first kappa shape index (κ1) is 59.4. The molecular formula is C36H72MoN4S8. The molecule has 0 saturated heterocycles. The zero-order chi connectivity index (χ0) is 38.9. The summed E-state index contributed by atoms with van der Waals surface area (Å²) >= 11 is 40.0. The second kappa shape index (κ2) is 34.9. The van der Waals surface area contributed by atoms with Crippen molar-refractivity contribution in [3.63, 3.8) is 0 Å².